The molecule has 2 N–H and O–H groups in total. The summed E-state index contributed by atoms with van der Waals surface area (Å²) in [6, 6.07) is 13.7. The number of benzene rings is 2. The van der Waals surface area contributed by atoms with E-state index in [9.17, 15) is 4.79 Å². The number of aromatic nitrogens is 4. The minimum atomic E-state index is -0.0896. The summed E-state index contributed by atoms with van der Waals surface area (Å²) in [5, 5.41) is 15.0. The van der Waals surface area contributed by atoms with Crippen LogP contribution in [0.15, 0.2) is 53.8 Å². The van der Waals surface area contributed by atoms with Crippen LogP contribution in [0.3, 0.4) is 0 Å². The maximum absolute atomic E-state index is 12.8. The number of anilines is 1. The van der Waals surface area contributed by atoms with Crippen LogP contribution in [0.5, 0.6) is 0 Å². The van der Waals surface area contributed by atoms with Gasteiger partial charge < -0.3 is 10.6 Å². The van der Waals surface area contributed by atoms with Gasteiger partial charge in [0.1, 0.15) is 5.82 Å². The summed E-state index contributed by atoms with van der Waals surface area (Å²) in [6.45, 7) is 10.4. The normalized spacial score (nSPS) is 11.6. The maximum atomic E-state index is 12.8. The highest BCUT2D eigenvalue weighted by molar-refractivity contribution is 7.99. The largest absolute Gasteiger partial charge is 0.369 e. The molecule has 0 atom stereocenters. The van der Waals surface area contributed by atoms with E-state index >= 15 is 0 Å². The van der Waals surface area contributed by atoms with Gasteiger partial charge in [0.05, 0.1) is 18.1 Å². The highest BCUT2D eigenvalue weighted by atomic mass is 32.2. The Morgan fingerprint density at radius 1 is 1.03 bits per heavy atom. The summed E-state index contributed by atoms with van der Waals surface area (Å²) in [4.78, 5) is 22.3. The zero-order chi connectivity index (χ0) is 23.4. The SMILES string of the molecule is CC(C)CNc1nc(SC(C)C)nc2c1cnn2CCNC(=O)c1cccc2ccccc12. The molecule has 7 nitrogen and oxygen atoms in total. The van der Waals surface area contributed by atoms with Gasteiger partial charge in [-0.1, -0.05) is 75.9 Å². The lowest BCUT2D eigenvalue weighted by Crippen LogP contribution is -2.27. The van der Waals surface area contributed by atoms with Gasteiger partial charge in [-0.15, -0.1) is 0 Å². The third kappa shape index (κ3) is 5.45. The molecule has 0 unspecified atom stereocenters. The number of nitrogens with zero attached hydrogens (tertiary/aromatic N) is 4. The van der Waals surface area contributed by atoms with Crippen molar-refractivity contribution in [2.75, 3.05) is 18.4 Å². The fourth-order valence-electron chi connectivity index (χ4n) is 3.59. The first-order valence-electron chi connectivity index (χ1n) is 11.3. The van der Waals surface area contributed by atoms with E-state index in [1.54, 1.807) is 18.0 Å². The summed E-state index contributed by atoms with van der Waals surface area (Å²) in [6.07, 6.45) is 1.80. The molecular formula is C25H30N6OS. The number of fused-ring (bicyclic) bond motifs is 2. The molecule has 4 rings (SSSR count). The Hall–Kier alpha value is -3.13. The van der Waals surface area contributed by atoms with Crippen LogP contribution in [0.4, 0.5) is 5.82 Å². The lowest BCUT2D eigenvalue weighted by molar-refractivity contribution is 0.0953. The van der Waals surface area contributed by atoms with Crippen molar-refractivity contribution in [1.29, 1.82) is 0 Å². The van der Waals surface area contributed by atoms with Crippen molar-refractivity contribution < 1.29 is 4.79 Å². The third-order valence-corrected chi connectivity index (χ3v) is 6.00. The highest BCUT2D eigenvalue weighted by Crippen LogP contribution is 2.26. The van der Waals surface area contributed by atoms with Gasteiger partial charge >= 0.3 is 0 Å². The fourth-order valence-corrected chi connectivity index (χ4v) is 4.30. The maximum Gasteiger partial charge on any atom is 0.251 e. The van der Waals surface area contributed by atoms with Crippen LogP contribution in [0.25, 0.3) is 21.8 Å². The number of carbonyl (C=O) groups is 1. The first-order chi connectivity index (χ1) is 15.9. The molecule has 0 aliphatic rings. The molecule has 0 radical (unpaired) electrons. The third-order valence-electron chi connectivity index (χ3n) is 5.14. The molecule has 1 amide bonds. The first-order valence-corrected chi connectivity index (χ1v) is 12.2. The van der Waals surface area contributed by atoms with Gasteiger partial charge in [0.25, 0.3) is 5.91 Å². The number of hydrogen-bond acceptors (Lipinski definition) is 6. The van der Waals surface area contributed by atoms with Gasteiger partial charge in [-0.25, -0.2) is 14.6 Å². The number of carbonyl (C=O) groups excluding carboxylic acids is 1. The number of amides is 1. The minimum Gasteiger partial charge on any atom is -0.369 e. The van der Waals surface area contributed by atoms with Gasteiger partial charge in [0.2, 0.25) is 0 Å². The predicted molar refractivity (Wildman–Crippen MR) is 136 cm³/mol. The van der Waals surface area contributed by atoms with Gasteiger partial charge in [-0.3, -0.25) is 4.79 Å². The topological polar surface area (TPSA) is 84.7 Å². The summed E-state index contributed by atoms with van der Waals surface area (Å²) in [5.41, 5.74) is 1.45. The van der Waals surface area contributed by atoms with Crippen molar-refractivity contribution in [2.24, 2.45) is 5.92 Å². The van der Waals surface area contributed by atoms with Crippen molar-refractivity contribution in [2.45, 2.75) is 44.6 Å². The molecule has 0 spiro atoms. The number of rotatable bonds is 9. The summed E-state index contributed by atoms with van der Waals surface area (Å²) in [7, 11) is 0. The molecule has 4 aromatic rings. The standard InChI is InChI=1S/C25H30N6OS/c1-16(2)14-27-22-21-15-28-31(23(21)30-25(29-22)33-17(3)4)13-12-26-24(32)20-11-7-9-18-8-5-6-10-19(18)20/h5-11,15-17H,12-14H2,1-4H3,(H,26,32)(H,27,29,30). The van der Waals surface area contributed by atoms with E-state index in [0.717, 1.165) is 39.3 Å². The van der Waals surface area contributed by atoms with Crippen LogP contribution in [-0.2, 0) is 6.54 Å². The van der Waals surface area contributed by atoms with E-state index in [2.05, 4.69) is 43.4 Å². The molecule has 0 bridgehead atoms. The predicted octanol–water partition coefficient (Wildman–Crippen LogP) is 4.98. The lowest BCUT2D eigenvalue weighted by Gasteiger charge is -2.12. The van der Waals surface area contributed by atoms with E-state index in [0.29, 0.717) is 29.8 Å². The molecule has 2 heterocycles. The van der Waals surface area contributed by atoms with E-state index in [4.69, 9.17) is 9.97 Å². The molecular weight excluding hydrogens is 432 g/mol. The molecule has 0 aliphatic heterocycles. The van der Waals surface area contributed by atoms with Crippen LogP contribution in [0, 0.1) is 5.92 Å². The van der Waals surface area contributed by atoms with Gasteiger partial charge in [-0.05, 0) is 22.8 Å². The Morgan fingerprint density at radius 2 is 1.82 bits per heavy atom. The van der Waals surface area contributed by atoms with E-state index in [1.165, 1.54) is 0 Å². The van der Waals surface area contributed by atoms with Crippen molar-refractivity contribution in [3.8, 4) is 0 Å². The molecule has 33 heavy (non-hydrogen) atoms. The fraction of sp³-hybridized carbons (Fsp3) is 0.360. The number of hydrogen-bond donors (Lipinski definition) is 2. The Bertz CT molecular complexity index is 1260. The average Bonchev–Trinajstić information content (AvgIpc) is 3.19. The summed E-state index contributed by atoms with van der Waals surface area (Å²) in [5.74, 6) is 1.21. The van der Waals surface area contributed by atoms with Gasteiger partial charge in [0, 0.05) is 23.9 Å². The zero-order valence-electron chi connectivity index (χ0n) is 19.5. The molecule has 0 fully saturated rings. The zero-order valence-corrected chi connectivity index (χ0v) is 20.3. The Kier molecular flexibility index (Phi) is 7.13. The molecule has 0 aliphatic carbocycles. The van der Waals surface area contributed by atoms with E-state index < -0.39 is 0 Å². The summed E-state index contributed by atoms with van der Waals surface area (Å²) >= 11 is 1.63. The van der Waals surface area contributed by atoms with Crippen molar-refractivity contribution in [3.05, 3.63) is 54.2 Å². The van der Waals surface area contributed by atoms with Gasteiger partial charge in [0.15, 0.2) is 10.8 Å². The second-order valence-electron chi connectivity index (χ2n) is 8.68. The first kappa shape index (κ1) is 23.0. The second-order valence-corrected chi connectivity index (χ2v) is 10.2. The molecule has 8 heteroatoms. The Morgan fingerprint density at radius 3 is 2.61 bits per heavy atom. The van der Waals surface area contributed by atoms with Crippen LogP contribution < -0.4 is 10.6 Å². The summed E-state index contributed by atoms with van der Waals surface area (Å²) < 4.78 is 1.84. The molecule has 0 saturated carbocycles. The Labute approximate surface area is 198 Å². The van der Waals surface area contributed by atoms with Crippen molar-refractivity contribution in [3.63, 3.8) is 0 Å². The van der Waals surface area contributed by atoms with E-state index in [1.807, 2.05) is 47.1 Å². The van der Waals surface area contributed by atoms with Crippen LogP contribution in [-0.4, -0.2) is 44.0 Å². The van der Waals surface area contributed by atoms with Crippen molar-refractivity contribution >= 4 is 45.3 Å². The monoisotopic (exact) mass is 462 g/mol. The number of nitrogens with one attached hydrogen (secondary N) is 2. The second kappa shape index (κ2) is 10.2. The van der Waals surface area contributed by atoms with Crippen LogP contribution in [0.2, 0.25) is 0 Å². The Balaban J connectivity index is 1.52. The quantitative estimate of drug-likeness (QED) is 0.270. The number of thioether (sulfide) groups is 1. The minimum absolute atomic E-state index is 0.0896. The average molecular weight is 463 g/mol. The molecule has 172 valence electrons. The van der Waals surface area contributed by atoms with Crippen LogP contribution >= 0.6 is 11.8 Å². The molecule has 2 aromatic heterocycles. The molecule has 0 saturated heterocycles. The molecule has 2 aromatic carbocycles. The van der Waals surface area contributed by atoms with Crippen LogP contribution in [0.1, 0.15) is 38.1 Å². The van der Waals surface area contributed by atoms with E-state index in [-0.39, 0.29) is 5.91 Å². The van der Waals surface area contributed by atoms with Crippen molar-refractivity contribution in [1.82, 2.24) is 25.1 Å². The van der Waals surface area contributed by atoms with Gasteiger partial charge in [-0.2, -0.15) is 5.10 Å². The smallest absolute Gasteiger partial charge is 0.251 e. The lowest BCUT2D eigenvalue weighted by atomic mass is 10.0. The highest BCUT2D eigenvalue weighted by Gasteiger charge is 2.15.